The lowest BCUT2D eigenvalue weighted by Crippen LogP contribution is -2.05. The van der Waals surface area contributed by atoms with Crippen molar-refractivity contribution >= 4 is 16.9 Å². The Balaban J connectivity index is 2.39. The molecule has 0 heterocycles. The average Bonchev–Trinajstić information content (AvgIpc) is 2.27. The van der Waals surface area contributed by atoms with Gasteiger partial charge < -0.3 is 5.73 Å². The lowest BCUT2D eigenvalue weighted by molar-refractivity contribution is 1.01. The molecule has 1 aromatic rings. The summed E-state index contributed by atoms with van der Waals surface area (Å²) in [5.74, 6) is 0.840. The van der Waals surface area contributed by atoms with Gasteiger partial charge in [0.2, 0.25) is 0 Å². The van der Waals surface area contributed by atoms with Crippen molar-refractivity contribution in [2.45, 2.75) is 19.3 Å². The topological polar surface area (TPSA) is 73.7 Å². The minimum absolute atomic E-state index is 0.172. The fraction of sp³-hybridized carbons (Fsp3) is 0.333. The monoisotopic (exact) mass is 233 g/mol. The van der Waals surface area contributed by atoms with E-state index < -0.39 is 0 Å². The van der Waals surface area contributed by atoms with E-state index in [0.717, 1.165) is 18.6 Å². The van der Waals surface area contributed by atoms with Crippen LogP contribution in [0.5, 0.6) is 0 Å². The van der Waals surface area contributed by atoms with Gasteiger partial charge in [0.15, 0.2) is 5.17 Å². The highest BCUT2D eigenvalue weighted by atomic mass is 32.2. The van der Waals surface area contributed by atoms with E-state index in [2.05, 4.69) is 30.3 Å². The first-order chi connectivity index (χ1) is 7.72. The van der Waals surface area contributed by atoms with Gasteiger partial charge in [-0.25, -0.2) is 0 Å². The quantitative estimate of drug-likeness (QED) is 0.605. The number of hydrogen-bond donors (Lipinski definition) is 2. The Kier molecular flexibility index (Phi) is 5.44. The van der Waals surface area contributed by atoms with E-state index in [-0.39, 0.29) is 5.17 Å². The summed E-state index contributed by atoms with van der Waals surface area (Å²) in [7, 11) is 0. The van der Waals surface area contributed by atoms with E-state index in [0.29, 0.717) is 6.42 Å². The molecular weight excluding hydrogens is 218 g/mol. The van der Waals surface area contributed by atoms with Crippen molar-refractivity contribution in [1.82, 2.24) is 0 Å². The molecule has 0 amide bonds. The average molecular weight is 233 g/mol. The second-order valence-corrected chi connectivity index (χ2v) is 4.57. The second kappa shape index (κ2) is 6.91. The number of amidine groups is 1. The Morgan fingerprint density at radius 2 is 1.81 bits per heavy atom. The van der Waals surface area contributed by atoms with Gasteiger partial charge in [0.05, 0.1) is 6.07 Å². The van der Waals surface area contributed by atoms with Crippen LogP contribution in [0.1, 0.15) is 17.5 Å². The third kappa shape index (κ3) is 4.85. The Labute approximate surface area is 100 Å². The van der Waals surface area contributed by atoms with Crippen molar-refractivity contribution in [3.05, 3.63) is 35.4 Å². The van der Waals surface area contributed by atoms with Crippen molar-refractivity contribution in [3.8, 4) is 6.07 Å². The van der Waals surface area contributed by atoms with Crippen molar-refractivity contribution < 1.29 is 0 Å². The molecule has 0 saturated carbocycles. The van der Waals surface area contributed by atoms with Gasteiger partial charge in [-0.3, -0.25) is 5.41 Å². The van der Waals surface area contributed by atoms with Gasteiger partial charge in [-0.05, 0) is 24.0 Å². The highest BCUT2D eigenvalue weighted by molar-refractivity contribution is 8.13. The number of thioether (sulfide) groups is 1. The van der Waals surface area contributed by atoms with E-state index >= 15 is 0 Å². The maximum absolute atomic E-state index is 8.47. The lowest BCUT2D eigenvalue weighted by Gasteiger charge is -2.02. The van der Waals surface area contributed by atoms with Crippen LogP contribution in [0.25, 0.3) is 0 Å². The molecule has 84 valence electrons. The van der Waals surface area contributed by atoms with E-state index in [1.165, 1.54) is 22.9 Å². The third-order valence-electron chi connectivity index (χ3n) is 2.20. The van der Waals surface area contributed by atoms with Gasteiger partial charge in [0, 0.05) is 12.2 Å². The number of hydrogen-bond acceptors (Lipinski definition) is 3. The highest BCUT2D eigenvalue weighted by Gasteiger charge is 1.96. The van der Waals surface area contributed by atoms with Crippen molar-refractivity contribution in [3.63, 3.8) is 0 Å². The van der Waals surface area contributed by atoms with Crippen LogP contribution >= 0.6 is 11.8 Å². The number of nitriles is 1. The molecule has 1 aromatic carbocycles. The van der Waals surface area contributed by atoms with Gasteiger partial charge in [-0.15, -0.1) is 0 Å². The van der Waals surface area contributed by atoms with Gasteiger partial charge >= 0.3 is 0 Å². The summed E-state index contributed by atoms with van der Waals surface area (Å²) in [6, 6.07) is 10.4. The van der Waals surface area contributed by atoms with Crippen LogP contribution in [0.3, 0.4) is 0 Å². The number of nitrogens with two attached hydrogens (primary N) is 1. The van der Waals surface area contributed by atoms with Crippen molar-refractivity contribution in [2.75, 3.05) is 5.75 Å². The first-order valence-electron chi connectivity index (χ1n) is 5.14. The zero-order valence-electron chi connectivity index (χ0n) is 9.07. The van der Waals surface area contributed by atoms with E-state index in [1.54, 1.807) is 0 Å². The molecule has 0 aliphatic heterocycles. The molecule has 0 radical (unpaired) electrons. The molecule has 0 atom stereocenters. The summed E-state index contributed by atoms with van der Waals surface area (Å²) in [5.41, 5.74) is 7.69. The molecular formula is C12H15N3S. The fourth-order valence-electron chi connectivity index (χ4n) is 1.35. The molecule has 0 fully saturated rings. The van der Waals surface area contributed by atoms with Gasteiger partial charge in [0.1, 0.15) is 0 Å². The standard InChI is InChI=1S/C12H15N3S/c13-8-1-2-10-3-5-11(6-4-10)7-9-16-12(14)15/h3-6H,1-2,7,9H2,(H3,14,15). The number of aryl methyl sites for hydroxylation is 2. The maximum atomic E-state index is 8.47. The molecule has 0 spiro atoms. The van der Waals surface area contributed by atoms with Crippen molar-refractivity contribution in [1.29, 1.82) is 10.7 Å². The SMILES string of the molecule is N#CCCc1ccc(CCSC(=N)N)cc1. The Hall–Kier alpha value is -1.47. The van der Waals surface area contributed by atoms with Crippen LogP contribution in [-0.2, 0) is 12.8 Å². The number of rotatable bonds is 5. The molecule has 3 N–H and O–H groups in total. The third-order valence-corrected chi connectivity index (χ3v) is 2.92. The summed E-state index contributed by atoms with van der Waals surface area (Å²) in [6.45, 7) is 0. The first kappa shape index (κ1) is 12.6. The minimum Gasteiger partial charge on any atom is -0.379 e. The summed E-state index contributed by atoms with van der Waals surface area (Å²) >= 11 is 1.36. The number of nitrogens with one attached hydrogen (secondary N) is 1. The van der Waals surface area contributed by atoms with Crippen LogP contribution < -0.4 is 5.73 Å². The molecule has 1 rings (SSSR count). The van der Waals surface area contributed by atoms with Crippen molar-refractivity contribution in [2.24, 2.45) is 5.73 Å². The van der Waals surface area contributed by atoms with E-state index in [4.69, 9.17) is 16.4 Å². The zero-order valence-corrected chi connectivity index (χ0v) is 9.89. The van der Waals surface area contributed by atoms with E-state index in [1.807, 2.05) is 0 Å². The maximum Gasteiger partial charge on any atom is 0.151 e. The molecule has 0 saturated heterocycles. The van der Waals surface area contributed by atoms with Crippen LogP contribution in [0, 0.1) is 16.7 Å². The predicted octanol–water partition coefficient (Wildman–Crippen LogP) is 2.31. The first-order valence-corrected chi connectivity index (χ1v) is 6.12. The normalized spacial score (nSPS) is 9.69. The minimum atomic E-state index is 0.172. The molecule has 4 heteroatoms. The lowest BCUT2D eigenvalue weighted by atomic mass is 10.1. The highest BCUT2D eigenvalue weighted by Crippen LogP contribution is 2.09. The van der Waals surface area contributed by atoms with E-state index in [9.17, 15) is 0 Å². The summed E-state index contributed by atoms with van der Waals surface area (Å²) < 4.78 is 0. The molecule has 0 aliphatic carbocycles. The molecule has 0 bridgehead atoms. The number of nitrogens with zero attached hydrogens (tertiary/aromatic N) is 1. The predicted molar refractivity (Wildman–Crippen MR) is 68.5 cm³/mol. The molecule has 3 nitrogen and oxygen atoms in total. The Bertz CT molecular complexity index is 378. The summed E-state index contributed by atoms with van der Waals surface area (Å²) in [6.07, 6.45) is 2.31. The summed E-state index contributed by atoms with van der Waals surface area (Å²) in [4.78, 5) is 0. The van der Waals surface area contributed by atoms with Crippen LogP contribution in [0.4, 0.5) is 0 Å². The van der Waals surface area contributed by atoms with Crippen LogP contribution in [0.15, 0.2) is 24.3 Å². The zero-order chi connectivity index (χ0) is 11.8. The smallest absolute Gasteiger partial charge is 0.151 e. The molecule has 16 heavy (non-hydrogen) atoms. The van der Waals surface area contributed by atoms with Gasteiger partial charge in [-0.1, -0.05) is 36.0 Å². The van der Waals surface area contributed by atoms with Gasteiger partial charge in [0.25, 0.3) is 0 Å². The second-order valence-electron chi connectivity index (χ2n) is 3.44. The molecule has 0 aliphatic rings. The Morgan fingerprint density at radius 1 is 1.25 bits per heavy atom. The number of benzene rings is 1. The fourth-order valence-corrected chi connectivity index (χ4v) is 1.91. The van der Waals surface area contributed by atoms with Crippen LogP contribution in [-0.4, -0.2) is 10.9 Å². The van der Waals surface area contributed by atoms with Gasteiger partial charge in [-0.2, -0.15) is 5.26 Å². The molecule has 0 unspecified atom stereocenters. The van der Waals surface area contributed by atoms with Crippen LogP contribution in [0.2, 0.25) is 0 Å². The Morgan fingerprint density at radius 3 is 2.31 bits per heavy atom. The molecule has 0 aromatic heterocycles. The summed E-state index contributed by atoms with van der Waals surface area (Å²) in [5, 5.41) is 15.7. The largest absolute Gasteiger partial charge is 0.379 e.